The molecule has 7 nitrogen and oxygen atoms in total. The van der Waals surface area contributed by atoms with Crippen LogP contribution in [-0.4, -0.2) is 65.9 Å². The topological polar surface area (TPSA) is 79.4 Å². The summed E-state index contributed by atoms with van der Waals surface area (Å²) < 4.78 is 5.50. The van der Waals surface area contributed by atoms with E-state index in [-0.39, 0.29) is 5.91 Å². The summed E-state index contributed by atoms with van der Waals surface area (Å²) in [7, 11) is 0. The highest BCUT2D eigenvalue weighted by Crippen LogP contribution is 2.39. The van der Waals surface area contributed by atoms with Crippen LogP contribution in [-0.2, 0) is 4.74 Å². The highest BCUT2D eigenvalue weighted by atomic mass is 16.5. The average molecular weight is 428 g/mol. The number of nitrogens with one attached hydrogen (secondary N) is 2. The van der Waals surface area contributed by atoms with Crippen molar-refractivity contribution < 1.29 is 9.53 Å². The maximum atomic E-state index is 12.4. The summed E-state index contributed by atoms with van der Waals surface area (Å²) in [5.41, 5.74) is 0.420. The minimum Gasteiger partial charge on any atom is -0.381 e. The van der Waals surface area contributed by atoms with Gasteiger partial charge in [0.1, 0.15) is 5.82 Å². The number of anilines is 1. The summed E-state index contributed by atoms with van der Waals surface area (Å²) in [5.74, 6) is 3.12. The molecular formula is C24H37N5O2. The van der Waals surface area contributed by atoms with E-state index in [9.17, 15) is 4.79 Å². The van der Waals surface area contributed by atoms with Gasteiger partial charge in [-0.1, -0.05) is 19.3 Å². The summed E-state index contributed by atoms with van der Waals surface area (Å²) >= 11 is 0. The van der Waals surface area contributed by atoms with Crippen LogP contribution in [0.4, 0.5) is 5.82 Å². The number of amides is 1. The summed E-state index contributed by atoms with van der Waals surface area (Å²) in [6, 6.07) is 4.48. The highest BCUT2D eigenvalue weighted by Gasteiger charge is 2.41. The molecule has 0 spiro atoms. The van der Waals surface area contributed by atoms with E-state index in [1.807, 2.05) is 6.07 Å². The predicted molar refractivity (Wildman–Crippen MR) is 120 cm³/mol. The van der Waals surface area contributed by atoms with Crippen LogP contribution in [0.1, 0.15) is 68.3 Å². The molecule has 7 heteroatoms. The standard InChI is InChI=1S/C24H37N5O2/c30-24(26-20-4-2-1-3-5-20)22-6-7-23(28-27-22)25-21-12-18-15-29(16-19(18)13-21)14-17-8-10-31-11-9-17/h6-7,17-21H,1-5,8-16H2,(H,25,28)(H,26,30)/t18-,19+,21-. The van der Waals surface area contributed by atoms with E-state index < -0.39 is 0 Å². The molecule has 1 aromatic heterocycles. The fraction of sp³-hybridized carbons (Fsp3) is 0.792. The third-order valence-corrected chi connectivity index (χ3v) is 7.87. The van der Waals surface area contributed by atoms with Crippen molar-refractivity contribution in [1.82, 2.24) is 20.4 Å². The Hall–Kier alpha value is -1.73. The zero-order valence-electron chi connectivity index (χ0n) is 18.6. The van der Waals surface area contributed by atoms with Gasteiger partial charge in [0.25, 0.3) is 5.91 Å². The lowest BCUT2D eigenvalue weighted by atomic mass is 9.95. The lowest BCUT2D eigenvalue weighted by Crippen LogP contribution is -2.36. The van der Waals surface area contributed by atoms with Gasteiger partial charge < -0.3 is 20.3 Å². The number of hydrogen-bond acceptors (Lipinski definition) is 6. The van der Waals surface area contributed by atoms with Crippen molar-refractivity contribution in [1.29, 1.82) is 0 Å². The quantitative estimate of drug-likeness (QED) is 0.726. The smallest absolute Gasteiger partial charge is 0.272 e. The Kier molecular flexibility index (Phi) is 6.69. The molecule has 170 valence electrons. The molecule has 0 radical (unpaired) electrons. The molecule has 3 heterocycles. The van der Waals surface area contributed by atoms with Gasteiger partial charge in [0.2, 0.25) is 0 Å². The van der Waals surface area contributed by atoms with Crippen LogP contribution in [0.3, 0.4) is 0 Å². The number of aromatic nitrogens is 2. The Bertz CT molecular complexity index is 716. The van der Waals surface area contributed by atoms with E-state index in [1.165, 1.54) is 64.6 Å². The first kappa shape index (κ1) is 21.1. The largest absolute Gasteiger partial charge is 0.381 e. The molecule has 31 heavy (non-hydrogen) atoms. The molecule has 2 saturated carbocycles. The Balaban J connectivity index is 1.07. The number of nitrogens with zero attached hydrogens (tertiary/aromatic N) is 3. The van der Waals surface area contributed by atoms with Crippen molar-refractivity contribution in [3.8, 4) is 0 Å². The van der Waals surface area contributed by atoms with Gasteiger partial charge in [-0.05, 0) is 68.4 Å². The molecule has 4 aliphatic rings. The Labute approximate surface area is 185 Å². The molecule has 0 unspecified atom stereocenters. The molecule has 3 atom stereocenters. The highest BCUT2D eigenvalue weighted by molar-refractivity contribution is 5.92. The fourth-order valence-electron chi connectivity index (χ4n) is 6.20. The molecule has 0 bridgehead atoms. The zero-order valence-corrected chi connectivity index (χ0v) is 18.6. The van der Waals surface area contributed by atoms with E-state index in [2.05, 4.69) is 25.7 Å². The molecule has 1 aromatic rings. The first-order valence-corrected chi connectivity index (χ1v) is 12.4. The van der Waals surface area contributed by atoms with Gasteiger partial charge in [-0.25, -0.2) is 0 Å². The van der Waals surface area contributed by atoms with Gasteiger partial charge in [-0.3, -0.25) is 4.79 Å². The molecule has 2 aliphatic heterocycles. The van der Waals surface area contributed by atoms with Crippen LogP contribution in [0, 0.1) is 17.8 Å². The maximum Gasteiger partial charge on any atom is 0.272 e. The third-order valence-electron chi connectivity index (χ3n) is 7.87. The first-order chi connectivity index (χ1) is 15.2. The second kappa shape index (κ2) is 9.82. The second-order valence-corrected chi connectivity index (χ2v) is 10.2. The molecule has 0 aromatic carbocycles. The Morgan fingerprint density at radius 1 is 0.968 bits per heavy atom. The first-order valence-electron chi connectivity index (χ1n) is 12.4. The molecule has 2 aliphatic carbocycles. The monoisotopic (exact) mass is 427 g/mol. The molecule has 2 N–H and O–H groups in total. The van der Waals surface area contributed by atoms with Crippen molar-refractivity contribution >= 4 is 11.7 Å². The van der Waals surface area contributed by atoms with Crippen molar-refractivity contribution in [2.24, 2.45) is 17.8 Å². The predicted octanol–water partition coefficient (Wildman–Crippen LogP) is 3.09. The molecule has 5 rings (SSSR count). The molecule has 1 amide bonds. The van der Waals surface area contributed by atoms with Gasteiger partial charge in [-0.15, -0.1) is 10.2 Å². The minimum atomic E-state index is -0.0917. The van der Waals surface area contributed by atoms with Crippen molar-refractivity contribution in [2.75, 3.05) is 38.2 Å². The SMILES string of the molecule is O=C(NC1CCCCC1)c1ccc(N[C@@H]2C[C@@H]3CN(CC4CCOCC4)C[C@@H]3C2)nn1. The number of fused-ring (bicyclic) bond motifs is 1. The van der Waals surface area contributed by atoms with Crippen molar-refractivity contribution in [3.63, 3.8) is 0 Å². The van der Waals surface area contributed by atoms with Gasteiger partial charge in [0.05, 0.1) is 0 Å². The second-order valence-electron chi connectivity index (χ2n) is 10.2. The average Bonchev–Trinajstić information content (AvgIpc) is 3.33. The number of ether oxygens (including phenoxy) is 1. The van der Waals surface area contributed by atoms with Gasteiger partial charge in [0, 0.05) is 44.9 Å². The van der Waals surface area contributed by atoms with Gasteiger partial charge >= 0.3 is 0 Å². The van der Waals surface area contributed by atoms with E-state index in [0.717, 1.165) is 49.6 Å². The number of rotatable bonds is 6. The molecule has 2 saturated heterocycles. The van der Waals surface area contributed by atoms with Gasteiger partial charge in [0.15, 0.2) is 5.69 Å². The van der Waals surface area contributed by atoms with Crippen LogP contribution >= 0.6 is 0 Å². The number of carbonyl (C=O) groups excluding carboxylic acids is 1. The zero-order chi connectivity index (χ0) is 21.0. The van der Waals surface area contributed by atoms with E-state index >= 15 is 0 Å². The Morgan fingerprint density at radius 3 is 2.39 bits per heavy atom. The maximum absolute atomic E-state index is 12.4. The third kappa shape index (κ3) is 5.37. The van der Waals surface area contributed by atoms with Crippen molar-refractivity contribution in [3.05, 3.63) is 17.8 Å². The van der Waals surface area contributed by atoms with Crippen LogP contribution in [0.5, 0.6) is 0 Å². The normalized spacial score (nSPS) is 30.3. The number of hydrogen-bond donors (Lipinski definition) is 2. The van der Waals surface area contributed by atoms with E-state index in [4.69, 9.17) is 4.74 Å². The molecule has 4 fully saturated rings. The summed E-state index contributed by atoms with van der Waals surface area (Å²) in [5, 5.41) is 15.2. The number of carbonyl (C=O) groups is 1. The Morgan fingerprint density at radius 2 is 1.71 bits per heavy atom. The van der Waals surface area contributed by atoms with E-state index in [0.29, 0.717) is 17.8 Å². The van der Waals surface area contributed by atoms with Crippen molar-refractivity contribution in [2.45, 2.75) is 69.9 Å². The molecular weight excluding hydrogens is 390 g/mol. The summed E-state index contributed by atoms with van der Waals surface area (Å²) in [6.07, 6.45) is 10.7. The van der Waals surface area contributed by atoms with Crippen LogP contribution in [0.15, 0.2) is 12.1 Å². The lowest BCUT2D eigenvalue weighted by molar-refractivity contribution is 0.0545. The van der Waals surface area contributed by atoms with Crippen LogP contribution in [0.2, 0.25) is 0 Å². The van der Waals surface area contributed by atoms with Crippen LogP contribution in [0.25, 0.3) is 0 Å². The lowest BCUT2D eigenvalue weighted by Gasteiger charge is -2.27. The summed E-state index contributed by atoms with van der Waals surface area (Å²) in [6.45, 7) is 5.63. The van der Waals surface area contributed by atoms with Crippen LogP contribution < -0.4 is 10.6 Å². The summed E-state index contributed by atoms with van der Waals surface area (Å²) in [4.78, 5) is 15.1. The van der Waals surface area contributed by atoms with Gasteiger partial charge in [-0.2, -0.15) is 0 Å². The van der Waals surface area contributed by atoms with E-state index in [1.54, 1.807) is 6.07 Å². The minimum absolute atomic E-state index is 0.0917. The fourth-order valence-corrected chi connectivity index (χ4v) is 6.20. The number of likely N-dealkylation sites (tertiary alicyclic amines) is 1.